The molecule has 4 rings (SSSR count). The lowest BCUT2D eigenvalue weighted by Crippen LogP contribution is -2.46. The van der Waals surface area contributed by atoms with Crippen molar-refractivity contribution in [3.05, 3.63) is 47.0 Å². The number of ether oxygens (including phenoxy) is 1. The van der Waals surface area contributed by atoms with E-state index in [1.54, 1.807) is 0 Å². The smallest absolute Gasteiger partial charge is 0.140 e. The van der Waals surface area contributed by atoms with Gasteiger partial charge in [0.05, 0.1) is 22.7 Å². The molecule has 1 fully saturated rings. The summed E-state index contributed by atoms with van der Waals surface area (Å²) in [6.07, 6.45) is 0. The minimum Gasteiger partial charge on any atom is -0.493 e. The highest BCUT2D eigenvalue weighted by atomic mass is 35.5. The molecule has 29 heavy (non-hydrogen) atoms. The Balaban J connectivity index is 1.38. The van der Waals surface area contributed by atoms with E-state index in [1.165, 1.54) is 0 Å². The number of imidazole rings is 1. The maximum Gasteiger partial charge on any atom is 0.140 e. The van der Waals surface area contributed by atoms with E-state index in [-0.39, 0.29) is 0 Å². The van der Waals surface area contributed by atoms with E-state index in [1.807, 2.05) is 30.3 Å². The van der Waals surface area contributed by atoms with Crippen molar-refractivity contribution in [2.24, 2.45) is 5.92 Å². The van der Waals surface area contributed by atoms with Crippen molar-refractivity contribution in [3.63, 3.8) is 0 Å². The van der Waals surface area contributed by atoms with Gasteiger partial charge in [-0.1, -0.05) is 30.7 Å². The molecular weight excluding hydrogens is 384 g/mol. The van der Waals surface area contributed by atoms with Crippen LogP contribution in [-0.4, -0.2) is 66.1 Å². The number of rotatable bonds is 6. The van der Waals surface area contributed by atoms with Gasteiger partial charge in [-0.05, 0) is 43.8 Å². The summed E-state index contributed by atoms with van der Waals surface area (Å²) < 4.78 is 6.03. The predicted octanol–water partition coefficient (Wildman–Crippen LogP) is 4.45. The van der Waals surface area contributed by atoms with Gasteiger partial charge in [-0.2, -0.15) is 0 Å². The van der Waals surface area contributed by atoms with Gasteiger partial charge in [0.15, 0.2) is 0 Å². The Morgan fingerprint density at radius 1 is 1.17 bits per heavy atom. The van der Waals surface area contributed by atoms with Gasteiger partial charge >= 0.3 is 0 Å². The van der Waals surface area contributed by atoms with Crippen molar-refractivity contribution < 1.29 is 4.74 Å². The minimum absolute atomic E-state index is 0.468. The molecule has 1 atom stereocenters. The molecule has 3 aromatic rings. The zero-order valence-corrected chi connectivity index (χ0v) is 18.2. The lowest BCUT2D eigenvalue weighted by Gasteiger charge is -2.33. The molecule has 2 aromatic carbocycles. The Hall–Kier alpha value is -2.08. The van der Waals surface area contributed by atoms with Crippen molar-refractivity contribution >= 4 is 22.6 Å². The number of likely N-dealkylation sites (N-methyl/N-ethyl adjacent to an activating group) is 1. The third-order valence-electron chi connectivity index (χ3n) is 5.61. The van der Waals surface area contributed by atoms with Crippen LogP contribution in [0.2, 0.25) is 5.02 Å². The van der Waals surface area contributed by atoms with E-state index in [0.29, 0.717) is 17.5 Å². The summed E-state index contributed by atoms with van der Waals surface area (Å²) in [6, 6.07) is 12.0. The highest BCUT2D eigenvalue weighted by molar-refractivity contribution is 6.33. The van der Waals surface area contributed by atoms with Crippen molar-refractivity contribution in [1.82, 2.24) is 19.8 Å². The van der Waals surface area contributed by atoms with Crippen LogP contribution in [-0.2, 0) is 0 Å². The number of aromatic amines is 1. The van der Waals surface area contributed by atoms with Crippen molar-refractivity contribution in [3.8, 4) is 17.1 Å². The van der Waals surface area contributed by atoms with Gasteiger partial charge in [-0.25, -0.2) is 4.98 Å². The summed E-state index contributed by atoms with van der Waals surface area (Å²) in [5.41, 5.74) is 4.04. The van der Waals surface area contributed by atoms with E-state index in [9.17, 15) is 0 Å². The Bertz CT molecular complexity index is 978. The van der Waals surface area contributed by atoms with E-state index in [4.69, 9.17) is 21.3 Å². The molecule has 154 valence electrons. The first kappa shape index (κ1) is 20.2. The Kier molecular flexibility index (Phi) is 6.09. The largest absolute Gasteiger partial charge is 0.493 e. The molecule has 6 heteroatoms. The van der Waals surface area contributed by atoms with E-state index < -0.39 is 0 Å². The van der Waals surface area contributed by atoms with Crippen LogP contribution in [0, 0.1) is 12.8 Å². The summed E-state index contributed by atoms with van der Waals surface area (Å²) in [6.45, 7) is 10.6. The first-order valence-electron chi connectivity index (χ1n) is 10.3. The van der Waals surface area contributed by atoms with E-state index >= 15 is 0 Å². The van der Waals surface area contributed by atoms with Crippen molar-refractivity contribution in [1.29, 1.82) is 0 Å². The van der Waals surface area contributed by atoms with Crippen molar-refractivity contribution in [2.45, 2.75) is 13.8 Å². The van der Waals surface area contributed by atoms with Crippen LogP contribution in [0.1, 0.15) is 12.5 Å². The van der Waals surface area contributed by atoms with E-state index in [2.05, 4.69) is 41.7 Å². The molecule has 1 aliphatic heterocycles. The predicted molar refractivity (Wildman–Crippen MR) is 120 cm³/mol. The second-order valence-corrected chi connectivity index (χ2v) is 8.63. The molecule has 1 aromatic heterocycles. The number of piperazine rings is 1. The Labute approximate surface area is 177 Å². The third-order valence-corrected chi connectivity index (χ3v) is 5.92. The van der Waals surface area contributed by atoms with Gasteiger partial charge in [0.2, 0.25) is 0 Å². The molecule has 1 unspecified atom stereocenters. The zero-order chi connectivity index (χ0) is 20.4. The second kappa shape index (κ2) is 8.74. The first-order valence-corrected chi connectivity index (χ1v) is 10.7. The molecule has 2 heterocycles. The summed E-state index contributed by atoms with van der Waals surface area (Å²) in [5, 5.41) is 0.644. The molecule has 0 amide bonds. The van der Waals surface area contributed by atoms with Crippen LogP contribution in [0.5, 0.6) is 5.75 Å². The fraction of sp³-hybridized carbons (Fsp3) is 0.435. The normalized spacial score (nSPS) is 17.0. The molecule has 1 N–H and O–H groups in total. The molecule has 1 aliphatic rings. The van der Waals surface area contributed by atoms with Crippen LogP contribution in [0.4, 0.5) is 0 Å². The van der Waals surface area contributed by atoms with Gasteiger partial charge in [0, 0.05) is 44.2 Å². The topological polar surface area (TPSA) is 44.4 Å². The average molecular weight is 413 g/mol. The van der Waals surface area contributed by atoms with Gasteiger partial charge in [-0.3, -0.25) is 0 Å². The van der Waals surface area contributed by atoms with Crippen LogP contribution in [0.25, 0.3) is 22.4 Å². The summed E-state index contributed by atoms with van der Waals surface area (Å²) in [4.78, 5) is 13.0. The minimum atomic E-state index is 0.468. The number of halogens is 1. The standard InChI is InChI=1S/C23H29ClN4O/c1-16(14-28-11-9-27(3)10-12-28)15-29-18-7-8-19(20(24)13-18)23-25-21-6-4-5-17(2)22(21)26-23/h4-8,13,16H,9-12,14-15H2,1-3H3,(H,25,26). The SMILES string of the molecule is Cc1cccc2[nH]c(-c3ccc(OCC(C)CN4CCN(C)CC4)cc3Cl)nc12. The van der Waals surface area contributed by atoms with Crippen LogP contribution < -0.4 is 4.74 Å². The number of nitrogens with one attached hydrogen (secondary N) is 1. The first-order chi connectivity index (χ1) is 14.0. The molecule has 0 saturated carbocycles. The number of hydrogen-bond donors (Lipinski definition) is 1. The summed E-state index contributed by atoms with van der Waals surface area (Å²) >= 11 is 6.56. The average Bonchev–Trinajstić information content (AvgIpc) is 3.14. The summed E-state index contributed by atoms with van der Waals surface area (Å²) in [5.74, 6) is 2.06. The van der Waals surface area contributed by atoms with Crippen molar-refractivity contribution in [2.75, 3.05) is 46.4 Å². The van der Waals surface area contributed by atoms with Crippen LogP contribution in [0.15, 0.2) is 36.4 Å². The maximum atomic E-state index is 6.56. The number of H-pyrrole nitrogens is 1. The molecule has 1 saturated heterocycles. The van der Waals surface area contributed by atoms with E-state index in [0.717, 1.165) is 66.5 Å². The highest BCUT2D eigenvalue weighted by Crippen LogP contribution is 2.31. The molecule has 5 nitrogen and oxygen atoms in total. The highest BCUT2D eigenvalue weighted by Gasteiger charge is 2.17. The van der Waals surface area contributed by atoms with Crippen LogP contribution in [0.3, 0.4) is 0 Å². The lowest BCUT2D eigenvalue weighted by molar-refractivity contribution is 0.123. The molecule has 0 aliphatic carbocycles. The Morgan fingerprint density at radius 2 is 1.97 bits per heavy atom. The zero-order valence-electron chi connectivity index (χ0n) is 17.4. The Morgan fingerprint density at radius 3 is 2.69 bits per heavy atom. The number of nitrogens with zero attached hydrogens (tertiary/aromatic N) is 3. The second-order valence-electron chi connectivity index (χ2n) is 8.22. The number of para-hydroxylation sites is 1. The van der Waals surface area contributed by atoms with Gasteiger partial charge in [0.1, 0.15) is 11.6 Å². The number of benzene rings is 2. The molecular formula is C23H29ClN4O. The van der Waals surface area contributed by atoms with Gasteiger partial charge in [0.25, 0.3) is 0 Å². The lowest BCUT2D eigenvalue weighted by atomic mass is 10.1. The number of aryl methyl sites for hydroxylation is 1. The fourth-order valence-electron chi connectivity index (χ4n) is 3.84. The van der Waals surface area contributed by atoms with Crippen LogP contribution >= 0.6 is 11.6 Å². The number of hydrogen-bond acceptors (Lipinski definition) is 4. The van der Waals surface area contributed by atoms with Gasteiger partial charge in [-0.15, -0.1) is 0 Å². The fourth-order valence-corrected chi connectivity index (χ4v) is 4.10. The van der Waals surface area contributed by atoms with Gasteiger partial charge < -0.3 is 19.5 Å². The third kappa shape index (κ3) is 4.74. The monoisotopic (exact) mass is 412 g/mol. The molecule has 0 radical (unpaired) electrons. The number of fused-ring (bicyclic) bond motifs is 1. The molecule has 0 spiro atoms. The molecule has 0 bridgehead atoms. The maximum absolute atomic E-state index is 6.56. The summed E-state index contributed by atoms with van der Waals surface area (Å²) in [7, 11) is 2.18. The quantitative estimate of drug-likeness (QED) is 0.649. The number of aromatic nitrogens is 2.